The molecule has 0 spiro atoms. The van der Waals surface area contributed by atoms with Crippen molar-refractivity contribution in [2.75, 3.05) is 12.4 Å². The van der Waals surface area contributed by atoms with Crippen molar-refractivity contribution < 1.29 is 14.3 Å². The summed E-state index contributed by atoms with van der Waals surface area (Å²) < 4.78 is 5.16. The van der Waals surface area contributed by atoms with Crippen LogP contribution in [0.15, 0.2) is 54.7 Å². The number of hydrogen-bond acceptors (Lipinski definition) is 6. The minimum atomic E-state index is -0.558. The summed E-state index contributed by atoms with van der Waals surface area (Å²) in [5.41, 5.74) is 8.18. The smallest absolute Gasteiger partial charge is 0.256 e. The van der Waals surface area contributed by atoms with Crippen molar-refractivity contribution in [3.05, 3.63) is 65.9 Å². The molecule has 0 aliphatic rings. The number of fused-ring (bicyclic) bond motifs is 1. The highest BCUT2D eigenvalue weighted by molar-refractivity contribution is 6.07. The quantitative estimate of drug-likeness (QED) is 0.480. The van der Waals surface area contributed by atoms with Crippen molar-refractivity contribution in [2.45, 2.75) is 0 Å². The Morgan fingerprint density at radius 1 is 1.03 bits per heavy atom. The number of benzene rings is 2. The molecular weight excluding hydrogens is 372 g/mol. The molecule has 2 heterocycles. The summed E-state index contributed by atoms with van der Waals surface area (Å²) >= 11 is 0. The molecule has 0 aliphatic carbocycles. The number of primary amides is 1. The lowest BCUT2D eigenvalue weighted by Gasteiger charge is -2.05. The second-order valence-electron chi connectivity index (χ2n) is 6.15. The van der Waals surface area contributed by atoms with Gasteiger partial charge in [0.25, 0.3) is 5.91 Å². The van der Waals surface area contributed by atoms with E-state index in [1.807, 2.05) is 24.3 Å². The van der Waals surface area contributed by atoms with E-state index in [4.69, 9.17) is 10.5 Å². The van der Waals surface area contributed by atoms with Gasteiger partial charge in [0.2, 0.25) is 11.6 Å². The fourth-order valence-corrected chi connectivity index (χ4v) is 2.75. The van der Waals surface area contributed by atoms with Crippen LogP contribution in [0.4, 0.5) is 5.82 Å². The van der Waals surface area contributed by atoms with Crippen LogP contribution in [0.2, 0.25) is 0 Å². The highest BCUT2D eigenvalue weighted by Gasteiger charge is 2.14. The minimum Gasteiger partial charge on any atom is -0.497 e. The Kier molecular flexibility index (Phi) is 4.62. The molecule has 0 saturated carbocycles. The van der Waals surface area contributed by atoms with Crippen LogP contribution in [-0.2, 0) is 0 Å². The fraction of sp³-hybridized carbons (Fsp3) is 0.0500. The number of anilines is 1. The number of H-pyrrole nitrogens is 1. The van der Waals surface area contributed by atoms with E-state index in [-0.39, 0.29) is 5.91 Å². The number of aromatic amines is 1. The molecular formula is C20H16N6O3. The highest BCUT2D eigenvalue weighted by atomic mass is 16.5. The third-order valence-corrected chi connectivity index (χ3v) is 4.32. The average Bonchev–Trinajstić information content (AvgIpc) is 3.15. The maximum absolute atomic E-state index is 12.5. The lowest BCUT2D eigenvalue weighted by atomic mass is 10.1. The third-order valence-electron chi connectivity index (χ3n) is 4.32. The number of nitrogens with one attached hydrogen (secondary N) is 2. The van der Waals surface area contributed by atoms with E-state index in [0.29, 0.717) is 33.8 Å². The topological polar surface area (TPSA) is 136 Å². The van der Waals surface area contributed by atoms with Gasteiger partial charge in [-0.15, -0.1) is 0 Å². The van der Waals surface area contributed by atoms with E-state index >= 15 is 0 Å². The first-order valence-corrected chi connectivity index (χ1v) is 8.62. The second kappa shape index (κ2) is 7.39. The molecule has 4 N–H and O–H groups in total. The number of ether oxygens (including phenoxy) is 1. The van der Waals surface area contributed by atoms with Crippen molar-refractivity contribution in [2.24, 2.45) is 5.73 Å². The molecule has 9 heteroatoms. The number of methoxy groups -OCH3 is 1. The molecule has 0 saturated heterocycles. The van der Waals surface area contributed by atoms with Crippen LogP contribution < -0.4 is 15.8 Å². The van der Waals surface area contributed by atoms with Gasteiger partial charge in [0.1, 0.15) is 5.75 Å². The van der Waals surface area contributed by atoms with E-state index in [2.05, 4.69) is 25.5 Å². The first-order valence-electron chi connectivity index (χ1n) is 8.62. The molecule has 0 aliphatic heterocycles. The van der Waals surface area contributed by atoms with Gasteiger partial charge >= 0.3 is 0 Å². The molecule has 29 heavy (non-hydrogen) atoms. The zero-order valence-electron chi connectivity index (χ0n) is 15.3. The van der Waals surface area contributed by atoms with Gasteiger partial charge in [-0.3, -0.25) is 14.7 Å². The van der Waals surface area contributed by atoms with Crippen molar-refractivity contribution >= 4 is 28.8 Å². The Hall–Kier alpha value is -4.27. The lowest BCUT2D eigenvalue weighted by molar-refractivity contribution is 0.0995. The maximum Gasteiger partial charge on any atom is 0.256 e. The van der Waals surface area contributed by atoms with E-state index in [0.717, 1.165) is 11.3 Å². The highest BCUT2D eigenvalue weighted by Crippen LogP contribution is 2.24. The van der Waals surface area contributed by atoms with Gasteiger partial charge in [-0.2, -0.15) is 5.10 Å². The zero-order chi connectivity index (χ0) is 20.4. The van der Waals surface area contributed by atoms with E-state index in [1.54, 1.807) is 13.3 Å². The second-order valence-corrected chi connectivity index (χ2v) is 6.15. The van der Waals surface area contributed by atoms with Crippen LogP contribution in [0.5, 0.6) is 5.75 Å². The first kappa shape index (κ1) is 18.1. The van der Waals surface area contributed by atoms with Gasteiger partial charge in [0.15, 0.2) is 11.3 Å². The largest absolute Gasteiger partial charge is 0.497 e. The van der Waals surface area contributed by atoms with Crippen molar-refractivity contribution in [1.82, 2.24) is 20.2 Å². The van der Waals surface area contributed by atoms with E-state index < -0.39 is 5.91 Å². The number of nitrogens with zero attached hydrogens (tertiary/aromatic N) is 3. The van der Waals surface area contributed by atoms with Crippen LogP contribution >= 0.6 is 0 Å². The number of rotatable bonds is 5. The summed E-state index contributed by atoms with van der Waals surface area (Å²) in [5.74, 6) is 0.120. The molecule has 0 atom stereocenters. The van der Waals surface area contributed by atoms with Gasteiger partial charge in [-0.25, -0.2) is 9.97 Å². The average molecular weight is 388 g/mol. The number of hydrogen-bond donors (Lipinski definition) is 3. The first-order chi connectivity index (χ1) is 14.0. The summed E-state index contributed by atoms with van der Waals surface area (Å²) in [5, 5.41) is 9.54. The zero-order valence-corrected chi connectivity index (χ0v) is 15.3. The normalized spacial score (nSPS) is 10.7. The molecule has 4 rings (SSSR count). The van der Waals surface area contributed by atoms with Crippen LogP contribution in [0.3, 0.4) is 0 Å². The Balaban J connectivity index is 1.61. The number of carbonyl (C=O) groups excluding carboxylic acids is 2. The summed E-state index contributed by atoms with van der Waals surface area (Å²) in [6, 6.07) is 13.4. The fourth-order valence-electron chi connectivity index (χ4n) is 2.75. The van der Waals surface area contributed by atoms with Crippen molar-refractivity contribution in [3.63, 3.8) is 0 Å². The number of carbonyl (C=O) groups is 2. The van der Waals surface area contributed by atoms with E-state index in [1.165, 1.54) is 24.3 Å². The molecule has 144 valence electrons. The van der Waals surface area contributed by atoms with Crippen LogP contribution in [0.1, 0.15) is 20.7 Å². The number of amides is 2. The summed E-state index contributed by atoms with van der Waals surface area (Å²) in [6.45, 7) is 0. The van der Waals surface area contributed by atoms with Crippen LogP contribution in [0.25, 0.3) is 22.4 Å². The van der Waals surface area contributed by atoms with Crippen LogP contribution in [-0.4, -0.2) is 39.1 Å². The molecule has 0 fully saturated rings. The van der Waals surface area contributed by atoms with Gasteiger partial charge < -0.3 is 15.8 Å². The predicted octanol–water partition coefficient (Wildman–Crippen LogP) is 2.38. The Labute approximate surface area is 164 Å². The monoisotopic (exact) mass is 388 g/mol. The van der Waals surface area contributed by atoms with Gasteiger partial charge in [-0.1, -0.05) is 0 Å². The Bertz CT molecular complexity index is 1200. The van der Waals surface area contributed by atoms with E-state index in [9.17, 15) is 9.59 Å². The van der Waals surface area contributed by atoms with Gasteiger partial charge in [-0.05, 0) is 48.5 Å². The summed E-state index contributed by atoms with van der Waals surface area (Å²) in [4.78, 5) is 32.5. The molecule has 2 aromatic carbocycles. The van der Waals surface area contributed by atoms with Crippen LogP contribution in [0, 0.1) is 0 Å². The summed E-state index contributed by atoms with van der Waals surface area (Å²) in [6.07, 6.45) is 1.61. The minimum absolute atomic E-state index is 0.323. The molecule has 9 nitrogen and oxygen atoms in total. The molecule has 0 unspecified atom stereocenters. The lowest BCUT2D eigenvalue weighted by Crippen LogP contribution is -2.14. The number of aromatic nitrogens is 4. The molecule has 0 radical (unpaired) electrons. The third kappa shape index (κ3) is 3.61. The molecule has 4 aromatic rings. The molecule has 2 amide bonds. The SMILES string of the molecule is COc1ccc(-c2cnc3n[nH]c(NC(=O)c4ccc(C(N)=O)cc4)c3n2)cc1. The number of nitrogens with two attached hydrogens (primary N) is 1. The van der Waals surface area contributed by atoms with Crippen molar-refractivity contribution in [1.29, 1.82) is 0 Å². The molecule has 2 aromatic heterocycles. The summed E-state index contributed by atoms with van der Waals surface area (Å²) in [7, 11) is 1.60. The van der Waals surface area contributed by atoms with Crippen molar-refractivity contribution in [3.8, 4) is 17.0 Å². The predicted molar refractivity (Wildman–Crippen MR) is 107 cm³/mol. The standard InChI is InChI=1S/C20H16N6O3/c1-29-14-8-6-11(7-9-14)15-10-22-18-16(23-15)19(26-25-18)24-20(28)13-4-2-12(3-5-13)17(21)27/h2-10H,1H3,(H2,21,27)(H2,22,24,25,26,28). The van der Waals surface area contributed by atoms with Gasteiger partial charge in [0, 0.05) is 16.7 Å². The maximum atomic E-state index is 12.5. The Morgan fingerprint density at radius 3 is 2.38 bits per heavy atom. The molecule has 0 bridgehead atoms. The Morgan fingerprint density at radius 2 is 1.72 bits per heavy atom. The van der Waals surface area contributed by atoms with Gasteiger partial charge in [0.05, 0.1) is 19.0 Å².